The second-order valence-electron chi connectivity index (χ2n) is 11.4. The second-order valence-corrected chi connectivity index (χ2v) is 13.6. The number of quaternary nitrogens is 1. The maximum absolute atomic E-state index is 11.1. The van der Waals surface area contributed by atoms with Gasteiger partial charge in [-0.15, -0.1) is 0 Å². The summed E-state index contributed by atoms with van der Waals surface area (Å²) < 4.78 is 1.12. The maximum Gasteiger partial charge on any atom is 0.336 e. The van der Waals surface area contributed by atoms with Gasteiger partial charge in [-0.25, -0.2) is 4.79 Å². The first-order chi connectivity index (χ1) is 19.2. The molecule has 0 saturated heterocycles. The third kappa shape index (κ3) is 17.7. The summed E-state index contributed by atoms with van der Waals surface area (Å²) >= 11 is 0. The van der Waals surface area contributed by atoms with Crippen LogP contribution in [0.5, 0.6) is 0 Å². The van der Waals surface area contributed by atoms with Crippen LogP contribution in [0, 0.1) is 0 Å². The number of carboxylic acid groups (broad SMARTS) is 2. The molecule has 0 atom stereocenters. The van der Waals surface area contributed by atoms with E-state index in [0.29, 0.717) is 9.79 Å². The SMILES string of the molecule is CCCCCCCCCCCCCCCC[N+](C)(C)C.O=C([O-])c1ccccc1SSc1ccccc1C(=O)O. The van der Waals surface area contributed by atoms with E-state index in [2.05, 4.69) is 28.1 Å². The Kier molecular flexibility index (Phi) is 19.6. The molecule has 2 rings (SSSR count). The third-order valence-electron chi connectivity index (χ3n) is 6.63. The van der Waals surface area contributed by atoms with Crippen LogP contribution >= 0.6 is 21.6 Å². The van der Waals surface area contributed by atoms with Gasteiger partial charge in [0.2, 0.25) is 0 Å². The number of unbranched alkanes of at least 4 members (excludes halogenated alkanes) is 13. The lowest BCUT2D eigenvalue weighted by Gasteiger charge is -2.23. The fourth-order valence-electron chi connectivity index (χ4n) is 4.29. The molecule has 7 heteroatoms. The molecule has 2 aromatic rings. The molecule has 0 heterocycles. The van der Waals surface area contributed by atoms with Gasteiger partial charge >= 0.3 is 5.97 Å². The molecule has 0 fully saturated rings. The molecule has 0 amide bonds. The normalized spacial score (nSPS) is 11.1. The van der Waals surface area contributed by atoms with Crippen LogP contribution in [0.3, 0.4) is 0 Å². The zero-order valence-corrected chi connectivity index (χ0v) is 26.8. The zero-order valence-electron chi connectivity index (χ0n) is 25.2. The lowest BCUT2D eigenvalue weighted by molar-refractivity contribution is -0.870. The Hall–Kier alpha value is -1.96. The molecule has 0 unspecified atom stereocenters. The Balaban J connectivity index is 0.000000400. The Morgan fingerprint density at radius 3 is 1.43 bits per heavy atom. The van der Waals surface area contributed by atoms with Crippen molar-refractivity contribution in [2.24, 2.45) is 0 Å². The molecule has 224 valence electrons. The average Bonchev–Trinajstić information content (AvgIpc) is 2.92. The van der Waals surface area contributed by atoms with E-state index in [1.807, 2.05) is 0 Å². The highest BCUT2D eigenvalue weighted by molar-refractivity contribution is 8.76. The first kappa shape index (κ1) is 36.1. The first-order valence-corrected chi connectivity index (χ1v) is 17.1. The summed E-state index contributed by atoms with van der Waals surface area (Å²) in [6.07, 6.45) is 20.4. The number of hydrogen-bond donors (Lipinski definition) is 1. The fraction of sp³-hybridized carbons (Fsp3) is 0.576. The van der Waals surface area contributed by atoms with E-state index >= 15 is 0 Å². The molecule has 0 bridgehead atoms. The largest absolute Gasteiger partial charge is 0.545 e. The molecule has 5 nitrogen and oxygen atoms in total. The van der Waals surface area contributed by atoms with Gasteiger partial charge in [0, 0.05) is 15.4 Å². The van der Waals surface area contributed by atoms with Gasteiger partial charge < -0.3 is 19.5 Å². The number of carbonyl (C=O) groups excluding carboxylic acids is 1. The van der Waals surface area contributed by atoms with Crippen LogP contribution in [0.2, 0.25) is 0 Å². The van der Waals surface area contributed by atoms with Crippen molar-refractivity contribution < 1.29 is 24.3 Å². The van der Waals surface area contributed by atoms with Crippen molar-refractivity contribution in [3.05, 3.63) is 59.7 Å². The predicted octanol–water partition coefficient (Wildman–Crippen LogP) is 8.72. The molecule has 0 aliphatic carbocycles. The van der Waals surface area contributed by atoms with Crippen molar-refractivity contribution >= 4 is 33.5 Å². The molecule has 1 N–H and O–H groups in total. The summed E-state index contributed by atoms with van der Waals surface area (Å²) in [6.45, 7) is 3.63. The van der Waals surface area contributed by atoms with Gasteiger partial charge in [0.1, 0.15) is 0 Å². The second kappa shape index (κ2) is 21.7. The fourth-order valence-corrected chi connectivity index (χ4v) is 6.64. The van der Waals surface area contributed by atoms with E-state index < -0.39 is 11.9 Å². The Morgan fingerprint density at radius 2 is 1.02 bits per heavy atom. The molecule has 2 aromatic carbocycles. The number of rotatable bonds is 20. The van der Waals surface area contributed by atoms with Crippen molar-refractivity contribution in [1.29, 1.82) is 0 Å². The van der Waals surface area contributed by atoms with E-state index in [1.54, 1.807) is 36.4 Å². The van der Waals surface area contributed by atoms with Crippen molar-refractivity contribution in [2.75, 3.05) is 27.7 Å². The van der Waals surface area contributed by atoms with Crippen LogP contribution in [-0.2, 0) is 0 Å². The number of benzene rings is 2. The van der Waals surface area contributed by atoms with Gasteiger partial charge in [-0.05, 0) is 31.0 Å². The molecule has 0 saturated carbocycles. The van der Waals surface area contributed by atoms with Crippen LogP contribution in [0.4, 0.5) is 0 Å². The molecule has 0 aliphatic rings. The number of aromatic carboxylic acids is 2. The smallest absolute Gasteiger partial charge is 0.336 e. The molecule has 40 heavy (non-hydrogen) atoms. The number of nitrogens with zero attached hydrogens (tertiary/aromatic N) is 1. The highest BCUT2D eigenvalue weighted by Gasteiger charge is 2.11. The van der Waals surface area contributed by atoms with Crippen molar-refractivity contribution in [1.82, 2.24) is 0 Å². The van der Waals surface area contributed by atoms with E-state index in [-0.39, 0.29) is 11.1 Å². The van der Waals surface area contributed by atoms with Crippen LogP contribution in [0.1, 0.15) is 118 Å². The van der Waals surface area contributed by atoms with E-state index in [9.17, 15) is 14.7 Å². The Morgan fingerprint density at radius 1 is 0.650 bits per heavy atom. The summed E-state index contributed by atoms with van der Waals surface area (Å²) in [5, 5.41) is 20.1. The monoisotopic (exact) mass is 589 g/mol. The topological polar surface area (TPSA) is 77.4 Å². The number of hydrogen-bond acceptors (Lipinski definition) is 5. The number of carboxylic acids is 2. The van der Waals surface area contributed by atoms with Crippen LogP contribution in [-0.4, -0.2) is 49.2 Å². The third-order valence-corrected chi connectivity index (χ3v) is 9.11. The van der Waals surface area contributed by atoms with Gasteiger partial charge in [0.05, 0.1) is 39.2 Å². The molecule has 0 aromatic heterocycles. The van der Waals surface area contributed by atoms with Gasteiger partial charge in [-0.3, -0.25) is 0 Å². The van der Waals surface area contributed by atoms with Crippen LogP contribution in [0.25, 0.3) is 0 Å². The summed E-state index contributed by atoms with van der Waals surface area (Å²) in [4.78, 5) is 23.2. The molecular formula is C33H51NO4S2. The minimum atomic E-state index is -1.25. The predicted molar refractivity (Wildman–Crippen MR) is 169 cm³/mol. The van der Waals surface area contributed by atoms with Crippen LogP contribution in [0.15, 0.2) is 58.3 Å². The average molecular weight is 590 g/mol. The summed E-state index contributed by atoms with van der Waals surface area (Å²) in [5.74, 6) is -2.26. The minimum Gasteiger partial charge on any atom is -0.545 e. The quantitative estimate of drug-likeness (QED) is 0.0945. The van der Waals surface area contributed by atoms with Crippen molar-refractivity contribution in [3.8, 4) is 0 Å². The van der Waals surface area contributed by atoms with Gasteiger partial charge in [0.25, 0.3) is 0 Å². The molecule has 0 spiro atoms. The van der Waals surface area contributed by atoms with Gasteiger partial charge in [-0.2, -0.15) is 0 Å². The number of carbonyl (C=O) groups is 2. The highest BCUT2D eigenvalue weighted by Crippen LogP contribution is 2.40. The van der Waals surface area contributed by atoms with Crippen molar-refractivity contribution in [3.63, 3.8) is 0 Å². The van der Waals surface area contributed by atoms with E-state index in [0.717, 1.165) is 4.48 Å². The van der Waals surface area contributed by atoms with Crippen LogP contribution < -0.4 is 5.11 Å². The van der Waals surface area contributed by atoms with Gasteiger partial charge in [0.15, 0.2) is 0 Å². The lowest BCUT2D eigenvalue weighted by atomic mass is 10.0. The lowest BCUT2D eigenvalue weighted by Crippen LogP contribution is -2.35. The summed E-state index contributed by atoms with van der Waals surface area (Å²) in [5.41, 5.74) is 0.286. The Labute approximate surface area is 251 Å². The van der Waals surface area contributed by atoms with E-state index in [1.165, 1.54) is 130 Å². The summed E-state index contributed by atoms with van der Waals surface area (Å²) in [7, 11) is 9.28. The molecule has 0 aliphatic heterocycles. The molecular weight excluding hydrogens is 539 g/mol. The molecule has 0 radical (unpaired) electrons. The van der Waals surface area contributed by atoms with E-state index in [4.69, 9.17) is 5.11 Å². The summed E-state index contributed by atoms with van der Waals surface area (Å²) in [6, 6.07) is 13.0. The highest BCUT2D eigenvalue weighted by atomic mass is 33.1. The van der Waals surface area contributed by atoms with Crippen molar-refractivity contribution in [2.45, 2.75) is 107 Å². The first-order valence-electron chi connectivity index (χ1n) is 14.9. The zero-order chi connectivity index (χ0) is 29.6. The minimum absolute atomic E-state index is 0.0952. The van der Waals surface area contributed by atoms with Gasteiger partial charge in [-0.1, -0.05) is 136 Å². The Bertz CT molecular complexity index is 917. The maximum atomic E-state index is 11.1. The standard InChI is InChI=1S/C19H42N.C14H10O4S2/c1-5-6-7-8-9-10-11-12-13-14-15-16-17-18-19-20(2,3)4;15-13(16)9-5-1-3-7-11(9)19-20-12-8-4-2-6-10(12)14(17)18/h5-19H2,1-4H3;1-8H,(H,15,16)(H,17,18)/q+1;/p-1.